The Kier molecular flexibility index (Phi) is 4.86. The van der Waals surface area contributed by atoms with Crippen molar-refractivity contribution < 1.29 is 23.5 Å². The molecule has 2 atom stereocenters. The van der Waals surface area contributed by atoms with Gasteiger partial charge in [0.05, 0.1) is 18.7 Å². The number of nitrogens with zero attached hydrogens (tertiary/aromatic N) is 1. The van der Waals surface area contributed by atoms with E-state index in [-0.39, 0.29) is 23.8 Å². The topological polar surface area (TPSA) is 88.9 Å². The molecule has 7 heteroatoms. The number of ether oxygens (including phenoxy) is 1. The van der Waals surface area contributed by atoms with E-state index < -0.39 is 18.0 Å². The van der Waals surface area contributed by atoms with Crippen molar-refractivity contribution in [2.45, 2.75) is 70.1 Å². The Balaban J connectivity index is 1.14. The van der Waals surface area contributed by atoms with Crippen molar-refractivity contribution in [3.05, 3.63) is 24.2 Å². The van der Waals surface area contributed by atoms with Crippen LogP contribution in [-0.2, 0) is 25.7 Å². The van der Waals surface area contributed by atoms with Gasteiger partial charge in [0.25, 0.3) is 5.91 Å². The van der Waals surface area contributed by atoms with Crippen molar-refractivity contribution in [2.75, 3.05) is 6.54 Å². The van der Waals surface area contributed by atoms with Crippen LogP contribution in [0.25, 0.3) is 0 Å². The van der Waals surface area contributed by atoms with Crippen molar-refractivity contribution in [3.8, 4) is 0 Å². The average molecular weight is 415 g/mol. The normalized spacial score (nSPS) is 35.5. The molecule has 2 amide bonds. The first-order chi connectivity index (χ1) is 14.4. The van der Waals surface area contributed by atoms with Gasteiger partial charge < -0.3 is 19.4 Å². The zero-order valence-corrected chi connectivity index (χ0v) is 17.5. The Morgan fingerprint density at radius 3 is 2.50 bits per heavy atom. The van der Waals surface area contributed by atoms with Crippen LogP contribution in [0.5, 0.6) is 0 Å². The van der Waals surface area contributed by atoms with Crippen LogP contribution in [0.3, 0.4) is 0 Å². The lowest BCUT2D eigenvalue weighted by atomic mass is 9.53. The predicted molar refractivity (Wildman–Crippen MR) is 107 cm³/mol. The van der Waals surface area contributed by atoms with Gasteiger partial charge in [0, 0.05) is 18.5 Å². The molecule has 0 radical (unpaired) electrons. The third-order valence-electron chi connectivity index (χ3n) is 7.56. The van der Waals surface area contributed by atoms with Crippen molar-refractivity contribution >= 4 is 17.8 Å². The molecule has 162 valence electrons. The lowest BCUT2D eigenvalue weighted by Crippen LogP contribution is -2.61. The van der Waals surface area contributed by atoms with Gasteiger partial charge in [-0.15, -0.1) is 0 Å². The zero-order valence-electron chi connectivity index (χ0n) is 17.5. The number of esters is 1. The van der Waals surface area contributed by atoms with Gasteiger partial charge in [-0.05, 0) is 75.3 Å². The summed E-state index contributed by atoms with van der Waals surface area (Å²) in [7, 11) is 0. The summed E-state index contributed by atoms with van der Waals surface area (Å²) in [6.07, 6.45) is 7.94. The van der Waals surface area contributed by atoms with Gasteiger partial charge in [0.15, 0.2) is 6.10 Å². The van der Waals surface area contributed by atoms with Crippen LogP contribution >= 0.6 is 0 Å². The van der Waals surface area contributed by atoms with Crippen molar-refractivity contribution in [1.82, 2.24) is 10.2 Å². The second-order valence-corrected chi connectivity index (χ2v) is 10.0. The number of rotatable bonds is 6. The molecule has 1 N–H and O–H groups in total. The number of nitrogens with one attached hydrogen (secondary N) is 1. The molecule has 6 rings (SSSR count). The lowest BCUT2D eigenvalue weighted by Gasteiger charge is -2.57. The number of hydrogen-bond donors (Lipinski definition) is 1. The third-order valence-corrected chi connectivity index (χ3v) is 7.56. The minimum absolute atomic E-state index is 0.0981. The molecule has 1 aliphatic heterocycles. The number of furan rings is 1. The van der Waals surface area contributed by atoms with Crippen LogP contribution in [0.2, 0.25) is 0 Å². The number of hydrogen-bond acceptors (Lipinski definition) is 5. The van der Waals surface area contributed by atoms with E-state index in [9.17, 15) is 14.4 Å². The maximum absolute atomic E-state index is 12.8. The first kappa shape index (κ1) is 19.6. The number of amides is 2. The van der Waals surface area contributed by atoms with Gasteiger partial charge in [0.2, 0.25) is 5.91 Å². The Morgan fingerprint density at radius 2 is 1.90 bits per heavy atom. The molecular weight excluding hydrogens is 384 g/mol. The van der Waals surface area contributed by atoms with Crippen LogP contribution in [0.4, 0.5) is 0 Å². The SMILES string of the molecule is C[C@@H](OC(=O)[C@@H]1CC(=O)N(Cc2ccco2)C1)C(=O)NC12CC3CC(CC(C3)C1)C2. The molecule has 4 bridgehead atoms. The van der Waals surface area contributed by atoms with E-state index in [1.165, 1.54) is 19.3 Å². The fraction of sp³-hybridized carbons (Fsp3) is 0.696. The van der Waals surface area contributed by atoms with E-state index in [1.807, 2.05) is 0 Å². The van der Waals surface area contributed by atoms with Gasteiger partial charge in [-0.3, -0.25) is 14.4 Å². The monoisotopic (exact) mass is 414 g/mol. The first-order valence-electron chi connectivity index (χ1n) is 11.2. The zero-order chi connectivity index (χ0) is 20.9. The maximum atomic E-state index is 12.8. The third kappa shape index (κ3) is 3.74. The molecule has 0 aromatic carbocycles. The molecule has 1 aromatic heterocycles. The van der Waals surface area contributed by atoms with E-state index in [0.717, 1.165) is 37.0 Å². The summed E-state index contributed by atoms with van der Waals surface area (Å²) >= 11 is 0. The highest BCUT2D eigenvalue weighted by atomic mass is 16.5. The first-order valence-corrected chi connectivity index (χ1v) is 11.2. The van der Waals surface area contributed by atoms with Gasteiger partial charge in [-0.1, -0.05) is 0 Å². The number of carbonyl (C=O) groups is 3. The van der Waals surface area contributed by atoms with E-state index >= 15 is 0 Å². The Labute approximate surface area is 176 Å². The van der Waals surface area contributed by atoms with E-state index in [2.05, 4.69) is 5.32 Å². The lowest BCUT2D eigenvalue weighted by molar-refractivity contribution is -0.160. The Morgan fingerprint density at radius 1 is 1.23 bits per heavy atom. The van der Waals surface area contributed by atoms with Crippen molar-refractivity contribution in [1.29, 1.82) is 0 Å². The molecule has 4 aliphatic carbocycles. The summed E-state index contributed by atoms with van der Waals surface area (Å²) in [6, 6.07) is 3.57. The summed E-state index contributed by atoms with van der Waals surface area (Å²) in [4.78, 5) is 39.3. The fourth-order valence-electron chi connectivity index (χ4n) is 6.62. The second-order valence-electron chi connectivity index (χ2n) is 10.0. The minimum atomic E-state index is -0.847. The molecule has 30 heavy (non-hydrogen) atoms. The summed E-state index contributed by atoms with van der Waals surface area (Å²) in [5, 5.41) is 3.26. The van der Waals surface area contributed by atoms with Crippen LogP contribution in [0.1, 0.15) is 57.6 Å². The van der Waals surface area contributed by atoms with Crippen molar-refractivity contribution in [2.24, 2.45) is 23.7 Å². The molecule has 2 heterocycles. The molecule has 5 aliphatic rings. The molecule has 0 unspecified atom stereocenters. The summed E-state index contributed by atoms with van der Waals surface area (Å²) < 4.78 is 10.8. The summed E-state index contributed by atoms with van der Waals surface area (Å²) in [5.74, 6) is 1.57. The van der Waals surface area contributed by atoms with E-state index in [0.29, 0.717) is 18.8 Å². The highest BCUT2D eigenvalue weighted by Crippen LogP contribution is 2.55. The Hall–Kier alpha value is -2.31. The van der Waals surface area contributed by atoms with Gasteiger partial charge in [-0.2, -0.15) is 0 Å². The van der Waals surface area contributed by atoms with E-state index in [1.54, 1.807) is 30.2 Å². The molecule has 0 spiro atoms. The average Bonchev–Trinajstić information content (AvgIpc) is 3.30. The van der Waals surface area contributed by atoms with Crippen LogP contribution in [0.15, 0.2) is 22.8 Å². The minimum Gasteiger partial charge on any atom is -0.467 e. The second kappa shape index (κ2) is 7.43. The van der Waals surface area contributed by atoms with Gasteiger partial charge in [-0.25, -0.2) is 0 Å². The standard InChI is InChI=1S/C23H30N2O5/c1-14(21(27)24-23-9-15-5-16(10-23)7-17(6-15)11-23)30-22(28)18-8-20(26)25(12-18)13-19-3-2-4-29-19/h2-4,14-18H,5-13H2,1H3,(H,24,27)/t14-,15?,16?,17?,18-,23?/m1/s1. The fourth-order valence-corrected chi connectivity index (χ4v) is 6.62. The number of carbonyl (C=O) groups excluding carboxylic acids is 3. The molecular formula is C23H30N2O5. The van der Waals surface area contributed by atoms with Crippen LogP contribution in [0, 0.1) is 23.7 Å². The maximum Gasteiger partial charge on any atom is 0.312 e. The smallest absolute Gasteiger partial charge is 0.312 e. The largest absolute Gasteiger partial charge is 0.467 e. The van der Waals surface area contributed by atoms with Crippen LogP contribution < -0.4 is 5.32 Å². The highest BCUT2D eigenvalue weighted by Gasteiger charge is 2.52. The molecule has 5 fully saturated rings. The molecule has 1 saturated heterocycles. The van der Waals surface area contributed by atoms with E-state index in [4.69, 9.17) is 9.15 Å². The molecule has 1 aromatic rings. The van der Waals surface area contributed by atoms with Gasteiger partial charge >= 0.3 is 5.97 Å². The molecule has 4 saturated carbocycles. The van der Waals surface area contributed by atoms with Crippen LogP contribution in [-0.4, -0.2) is 40.9 Å². The van der Waals surface area contributed by atoms with Crippen molar-refractivity contribution in [3.63, 3.8) is 0 Å². The summed E-state index contributed by atoms with van der Waals surface area (Å²) in [6.45, 7) is 2.27. The quantitative estimate of drug-likeness (QED) is 0.723. The highest BCUT2D eigenvalue weighted by molar-refractivity contribution is 5.89. The van der Waals surface area contributed by atoms with Gasteiger partial charge in [0.1, 0.15) is 5.76 Å². The summed E-state index contributed by atoms with van der Waals surface area (Å²) in [5.41, 5.74) is -0.102. The molecule has 7 nitrogen and oxygen atoms in total. The predicted octanol–water partition coefficient (Wildman–Crippen LogP) is 2.64. The Bertz CT molecular complexity index is 797. The number of likely N-dealkylation sites (tertiary alicyclic amines) is 1.